The van der Waals surface area contributed by atoms with Crippen LogP contribution in [0.15, 0.2) is 12.2 Å². The maximum atomic E-state index is 5.38. The number of rotatable bonds is 8. The summed E-state index contributed by atoms with van der Waals surface area (Å²) in [6, 6.07) is 0. The number of ether oxygens (including phenoxy) is 2. The molecule has 0 aromatic carbocycles. The van der Waals surface area contributed by atoms with Crippen molar-refractivity contribution in [3.05, 3.63) is 12.2 Å². The highest BCUT2D eigenvalue weighted by molar-refractivity contribution is 9.09. The number of halogens is 1. The molecule has 0 saturated heterocycles. The summed E-state index contributed by atoms with van der Waals surface area (Å²) in [5.41, 5.74) is 0. The third kappa shape index (κ3) is 8.47. The molecular formula is C10H19BrO2. The molecule has 78 valence electrons. The van der Waals surface area contributed by atoms with Crippen LogP contribution in [0.3, 0.4) is 0 Å². The van der Waals surface area contributed by atoms with Crippen LogP contribution < -0.4 is 0 Å². The van der Waals surface area contributed by atoms with Crippen LogP contribution in [-0.2, 0) is 9.47 Å². The van der Waals surface area contributed by atoms with Crippen LogP contribution in [0.5, 0.6) is 0 Å². The van der Waals surface area contributed by atoms with Gasteiger partial charge in [-0.2, -0.15) is 0 Å². The molecular weight excluding hydrogens is 232 g/mol. The molecule has 0 aromatic rings. The molecule has 13 heavy (non-hydrogen) atoms. The molecule has 0 saturated carbocycles. The lowest BCUT2D eigenvalue weighted by Gasteiger charge is -2.14. The van der Waals surface area contributed by atoms with Gasteiger partial charge in [-0.05, 0) is 20.3 Å². The SMILES string of the molecule is CCOC(C/C=C/CCBr)OCC. The molecule has 0 bridgehead atoms. The lowest BCUT2D eigenvalue weighted by atomic mass is 10.3. The Bertz CT molecular complexity index is 120. The molecule has 0 aliphatic rings. The van der Waals surface area contributed by atoms with E-state index in [9.17, 15) is 0 Å². The summed E-state index contributed by atoms with van der Waals surface area (Å²) in [6.07, 6.45) is 6.08. The third-order valence-electron chi connectivity index (χ3n) is 1.48. The first-order valence-electron chi connectivity index (χ1n) is 4.79. The van der Waals surface area contributed by atoms with Crippen LogP contribution >= 0.6 is 15.9 Å². The summed E-state index contributed by atoms with van der Waals surface area (Å²) >= 11 is 3.36. The molecule has 0 N–H and O–H groups in total. The lowest BCUT2D eigenvalue weighted by molar-refractivity contribution is -0.133. The summed E-state index contributed by atoms with van der Waals surface area (Å²) in [6.45, 7) is 5.37. The predicted octanol–water partition coefficient (Wildman–Crippen LogP) is 3.12. The fourth-order valence-electron chi connectivity index (χ4n) is 0.944. The second kappa shape index (κ2) is 10.2. The normalized spacial score (nSPS) is 11.7. The van der Waals surface area contributed by atoms with Crippen LogP contribution in [0, 0.1) is 0 Å². The molecule has 0 unspecified atom stereocenters. The molecule has 0 amide bonds. The van der Waals surface area contributed by atoms with Gasteiger partial charge in [0.25, 0.3) is 0 Å². The molecule has 0 aromatic heterocycles. The van der Waals surface area contributed by atoms with E-state index < -0.39 is 0 Å². The smallest absolute Gasteiger partial charge is 0.160 e. The average Bonchev–Trinajstić information content (AvgIpc) is 2.13. The minimum Gasteiger partial charge on any atom is -0.353 e. The van der Waals surface area contributed by atoms with E-state index in [1.165, 1.54) is 0 Å². The van der Waals surface area contributed by atoms with Gasteiger partial charge in [0.05, 0.1) is 0 Å². The van der Waals surface area contributed by atoms with Crippen molar-refractivity contribution in [2.75, 3.05) is 18.5 Å². The highest BCUT2D eigenvalue weighted by atomic mass is 79.9. The maximum Gasteiger partial charge on any atom is 0.160 e. The van der Waals surface area contributed by atoms with Crippen LogP contribution in [0.25, 0.3) is 0 Å². The van der Waals surface area contributed by atoms with Gasteiger partial charge in [-0.1, -0.05) is 28.1 Å². The highest BCUT2D eigenvalue weighted by Gasteiger charge is 2.03. The summed E-state index contributed by atoms with van der Waals surface area (Å²) in [5.74, 6) is 0. The van der Waals surface area contributed by atoms with Gasteiger partial charge in [-0.25, -0.2) is 0 Å². The number of hydrogen-bond donors (Lipinski definition) is 0. The zero-order valence-corrected chi connectivity index (χ0v) is 10.0. The van der Waals surface area contributed by atoms with Gasteiger partial charge in [0.2, 0.25) is 0 Å². The molecule has 2 nitrogen and oxygen atoms in total. The van der Waals surface area contributed by atoms with Crippen LogP contribution in [-0.4, -0.2) is 24.8 Å². The summed E-state index contributed by atoms with van der Waals surface area (Å²) in [5, 5.41) is 1.01. The van der Waals surface area contributed by atoms with E-state index in [-0.39, 0.29) is 6.29 Å². The Kier molecular flexibility index (Phi) is 10.3. The Morgan fingerprint density at radius 3 is 2.23 bits per heavy atom. The molecule has 0 aliphatic heterocycles. The molecule has 0 spiro atoms. The molecule has 0 radical (unpaired) electrons. The van der Waals surface area contributed by atoms with Crippen molar-refractivity contribution in [2.24, 2.45) is 0 Å². The van der Waals surface area contributed by atoms with E-state index in [2.05, 4.69) is 28.1 Å². The first-order chi connectivity index (χ1) is 6.35. The molecule has 3 heteroatoms. The van der Waals surface area contributed by atoms with Gasteiger partial charge in [0.15, 0.2) is 6.29 Å². The van der Waals surface area contributed by atoms with E-state index in [1.54, 1.807) is 0 Å². The largest absolute Gasteiger partial charge is 0.353 e. The zero-order chi connectivity index (χ0) is 9.94. The van der Waals surface area contributed by atoms with Gasteiger partial charge in [-0.3, -0.25) is 0 Å². The third-order valence-corrected chi connectivity index (χ3v) is 1.93. The van der Waals surface area contributed by atoms with Gasteiger partial charge in [0.1, 0.15) is 0 Å². The van der Waals surface area contributed by atoms with Crippen LogP contribution in [0.2, 0.25) is 0 Å². The predicted molar refractivity (Wildman–Crippen MR) is 59.2 cm³/mol. The van der Waals surface area contributed by atoms with Gasteiger partial charge in [0, 0.05) is 25.0 Å². The van der Waals surface area contributed by atoms with Crippen molar-refractivity contribution in [1.82, 2.24) is 0 Å². The van der Waals surface area contributed by atoms with Crippen LogP contribution in [0.1, 0.15) is 26.7 Å². The standard InChI is InChI=1S/C10H19BrO2/c1-3-12-10(13-4-2)8-6-5-7-9-11/h5-6,10H,3-4,7-9H2,1-2H3/b6-5+. The lowest BCUT2D eigenvalue weighted by Crippen LogP contribution is -2.16. The van der Waals surface area contributed by atoms with Gasteiger partial charge < -0.3 is 9.47 Å². The molecule has 0 atom stereocenters. The second-order valence-corrected chi connectivity index (χ2v) is 3.32. The maximum absolute atomic E-state index is 5.38. The summed E-state index contributed by atoms with van der Waals surface area (Å²) in [4.78, 5) is 0. The van der Waals surface area contributed by atoms with Crippen LogP contribution in [0.4, 0.5) is 0 Å². The fraction of sp³-hybridized carbons (Fsp3) is 0.800. The number of allylic oxidation sites excluding steroid dienone is 1. The Hall–Kier alpha value is 0.140. The van der Waals surface area contributed by atoms with E-state index in [0.29, 0.717) is 13.2 Å². The molecule has 0 aliphatic carbocycles. The van der Waals surface area contributed by atoms with Gasteiger partial charge >= 0.3 is 0 Å². The van der Waals surface area contributed by atoms with Crippen molar-refractivity contribution < 1.29 is 9.47 Å². The minimum absolute atomic E-state index is 0.0680. The van der Waals surface area contributed by atoms with E-state index in [1.807, 2.05) is 13.8 Å². The van der Waals surface area contributed by atoms with Crippen molar-refractivity contribution in [2.45, 2.75) is 33.0 Å². The average molecular weight is 251 g/mol. The second-order valence-electron chi connectivity index (χ2n) is 2.53. The first kappa shape index (κ1) is 13.1. The van der Waals surface area contributed by atoms with Crippen molar-refractivity contribution in [3.63, 3.8) is 0 Å². The fourth-order valence-corrected chi connectivity index (χ4v) is 1.21. The Balaban J connectivity index is 3.54. The molecule has 0 heterocycles. The number of hydrogen-bond acceptors (Lipinski definition) is 2. The topological polar surface area (TPSA) is 18.5 Å². The Morgan fingerprint density at radius 1 is 1.15 bits per heavy atom. The summed E-state index contributed by atoms with van der Waals surface area (Å²) in [7, 11) is 0. The van der Waals surface area contributed by atoms with Gasteiger partial charge in [-0.15, -0.1) is 0 Å². The Morgan fingerprint density at radius 2 is 1.77 bits per heavy atom. The highest BCUT2D eigenvalue weighted by Crippen LogP contribution is 2.02. The van der Waals surface area contributed by atoms with E-state index in [0.717, 1.165) is 18.2 Å². The van der Waals surface area contributed by atoms with Crippen molar-refractivity contribution >= 4 is 15.9 Å². The van der Waals surface area contributed by atoms with Crippen molar-refractivity contribution in [3.8, 4) is 0 Å². The first-order valence-corrected chi connectivity index (χ1v) is 5.91. The van der Waals surface area contributed by atoms with Crippen molar-refractivity contribution in [1.29, 1.82) is 0 Å². The Labute approximate surface area is 89.4 Å². The molecule has 0 rings (SSSR count). The summed E-state index contributed by atoms with van der Waals surface area (Å²) < 4.78 is 10.8. The monoisotopic (exact) mass is 250 g/mol. The zero-order valence-electron chi connectivity index (χ0n) is 8.46. The van der Waals surface area contributed by atoms with E-state index >= 15 is 0 Å². The number of alkyl halides is 1. The van der Waals surface area contributed by atoms with E-state index in [4.69, 9.17) is 9.47 Å². The quantitative estimate of drug-likeness (QED) is 0.375. The minimum atomic E-state index is -0.0680. The molecule has 0 fully saturated rings.